The number of aliphatic hydroxyl groups is 1. The summed E-state index contributed by atoms with van der Waals surface area (Å²) in [6.07, 6.45) is -0.338. The average molecular weight is 548 g/mol. The molecule has 4 N–H and O–H groups in total. The maximum Gasteiger partial charge on any atom is 0.459 e. The summed E-state index contributed by atoms with van der Waals surface area (Å²) in [7, 11) is -4.19. The third kappa shape index (κ3) is 4.98. The van der Waals surface area contributed by atoms with Crippen LogP contribution in [0.3, 0.4) is 0 Å². The molecule has 6 atom stereocenters. The van der Waals surface area contributed by atoms with Gasteiger partial charge in [-0.3, -0.25) is 13.9 Å². The highest BCUT2D eigenvalue weighted by atomic mass is 31.2. The Labute approximate surface area is 218 Å². The zero-order chi connectivity index (χ0) is 27.1. The molecule has 204 valence electrons. The van der Waals surface area contributed by atoms with Gasteiger partial charge >= 0.3 is 13.7 Å². The summed E-state index contributed by atoms with van der Waals surface area (Å²) in [6, 6.07) is 7.33. The summed E-state index contributed by atoms with van der Waals surface area (Å²) in [5.74, 6) is -0.182. The van der Waals surface area contributed by atoms with Gasteiger partial charge in [-0.05, 0) is 32.9 Å². The Balaban J connectivity index is 1.36. The number of imidazole rings is 1. The molecule has 4 heterocycles. The molecule has 0 radical (unpaired) electrons. The van der Waals surface area contributed by atoms with Gasteiger partial charge in [0.1, 0.15) is 41.4 Å². The molecule has 0 spiro atoms. The second-order valence-electron chi connectivity index (χ2n) is 9.39. The number of hydrogen-bond donors (Lipinski definition) is 3. The summed E-state index contributed by atoms with van der Waals surface area (Å²) in [5.41, 5.74) is 5.29. The number of para-hydroxylation sites is 1. The summed E-state index contributed by atoms with van der Waals surface area (Å²) < 4.78 is 44.2. The lowest BCUT2D eigenvalue weighted by Gasteiger charge is -2.32. The first-order valence-electron chi connectivity index (χ1n) is 12.0. The monoisotopic (exact) mass is 548 g/mol. The minimum absolute atomic E-state index is 0.0324. The average Bonchev–Trinajstić information content (AvgIpc) is 3.53. The van der Waals surface area contributed by atoms with Crippen molar-refractivity contribution in [2.24, 2.45) is 0 Å². The van der Waals surface area contributed by atoms with Crippen LogP contribution in [-0.4, -0.2) is 73.8 Å². The lowest BCUT2D eigenvalue weighted by Crippen LogP contribution is -2.46. The van der Waals surface area contributed by atoms with E-state index in [1.165, 1.54) is 19.6 Å². The summed E-state index contributed by atoms with van der Waals surface area (Å²) in [4.78, 5) is 24.8. The van der Waals surface area contributed by atoms with E-state index in [4.69, 9.17) is 29.0 Å². The third-order valence-electron chi connectivity index (χ3n) is 6.17. The lowest BCUT2D eigenvalue weighted by atomic mass is 10.0. The van der Waals surface area contributed by atoms with Crippen LogP contribution in [0.2, 0.25) is 0 Å². The maximum atomic E-state index is 13.9. The second-order valence-corrected chi connectivity index (χ2v) is 11.1. The SMILES string of the molecule is CC(C)OC(=O)[C@H](C)N[P@@](=O)(OCC12CO[C@@H](C(n3cnc4c(N)ncnc43)O1)[C@@H]2O)Oc1ccccc1. The Morgan fingerprint density at radius 3 is 2.79 bits per heavy atom. The van der Waals surface area contributed by atoms with Crippen molar-refractivity contribution in [2.75, 3.05) is 18.9 Å². The molecular formula is C23H29N6O8P. The Kier molecular flexibility index (Phi) is 7.11. The smallest absolute Gasteiger partial charge is 0.459 e. The van der Waals surface area contributed by atoms with Gasteiger partial charge in [-0.1, -0.05) is 18.2 Å². The van der Waals surface area contributed by atoms with E-state index in [0.717, 1.165) is 0 Å². The van der Waals surface area contributed by atoms with Crippen LogP contribution in [0.15, 0.2) is 43.0 Å². The van der Waals surface area contributed by atoms with Crippen molar-refractivity contribution in [2.45, 2.75) is 57.0 Å². The van der Waals surface area contributed by atoms with Crippen molar-refractivity contribution in [1.82, 2.24) is 24.6 Å². The molecule has 0 aliphatic carbocycles. The predicted molar refractivity (Wildman–Crippen MR) is 133 cm³/mol. The van der Waals surface area contributed by atoms with Gasteiger partial charge in [0.25, 0.3) is 0 Å². The number of aliphatic hydroxyl groups excluding tert-OH is 1. The van der Waals surface area contributed by atoms with Crippen LogP contribution in [0.25, 0.3) is 11.2 Å². The molecule has 1 aromatic carbocycles. The van der Waals surface area contributed by atoms with Crippen LogP contribution in [-0.2, 0) is 28.1 Å². The zero-order valence-corrected chi connectivity index (χ0v) is 21.9. The Morgan fingerprint density at radius 2 is 2.05 bits per heavy atom. The van der Waals surface area contributed by atoms with Gasteiger partial charge in [0.05, 0.1) is 25.6 Å². The van der Waals surface area contributed by atoms with Gasteiger partial charge in [-0.25, -0.2) is 19.5 Å². The number of nitrogens with zero attached hydrogens (tertiary/aromatic N) is 4. The van der Waals surface area contributed by atoms with Crippen molar-refractivity contribution in [3.8, 4) is 5.75 Å². The number of ether oxygens (including phenoxy) is 3. The number of aromatic nitrogens is 4. The Morgan fingerprint density at radius 1 is 1.29 bits per heavy atom. The number of anilines is 1. The molecule has 2 aromatic heterocycles. The molecule has 38 heavy (non-hydrogen) atoms. The van der Waals surface area contributed by atoms with E-state index in [9.17, 15) is 14.5 Å². The van der Waals surface area contributed by atoms with Gasteiger partial charge in [-0.15, -0.1) is 0 Å². The topological polar surface area (TPSA) is 182 Å². The number of benzene rings is 1. The van der Waals surface area contributed by atoms with E-state index in [0.29, 0.717) is 11.2 Å². The first kappa shape index (κ1) is 26.5. The van der Waals surface area contributed by atoms with Gasteiger partial charge < -0.3 is 29.6 Å². The molecule has 14 nitrogen and oxygen atoms in total. The molecule has 0 saturated carbocycles. The number of rotatable bonds is 10. The normalized spacial score (nSPS) is 26.9. The first-order chi connectivity index (χ1) is 18.1. The number of nitrogens with one attached hydrogen (secondary N) is 1. The molecule has 5 rings (SSSR count). The molecule has 3 aromatic rings. The first-order valence-corrected chi connectivity index (χ1v) is 13.5. The van der Waals surface area contributed by atoms with Crippen molar-refractivity contribution >= 4 is 30.7 Å². The fourth-order valence-corrected chi connectivity index (χ4v) is 5.87. The highest BCUT2D eigenvalue weighted by Crippen LogP contribution is 2.50. The van der Waals surface area contributed by atoms with Gasteiger partial charge in [0, 0.05) is 0 Å². The van der Waals surface area contributed by atoms with E-state index >= 15 is 0 Å². The third-order valence-corrected chi connectivity index (χ3v) is 7.80. The molecule has 2 saturated heterocycles. The van der Waals surface area contributed by atoms with Gasteiger partial charge in [0.15, 0.2) is 17.7 Å². The molecule has 2 aliphatic rings. The van der Waals surface area contributed by atoms with Crippen LogP contribution in [0.1, 0.15) is 27.0 Å². The fourth-order valence-electron chi connectivity index (χ4n) is 4.32. The number of nitrogens with two attached hydrogens (primary N) is 1. The van der Waals surface area contributed by atoms with Crippen LogP contribution in [0.4, 0.5) is 5.82 Å². The predicted octanol–water partition coefficient (Wildman–Crippen LogP) is 1.57. The standard InChI is InChI=1S/C23H29N6O8P/c1-13(2)35-22(31)14(3)28-38(32,37-15-7-5-4-6-8-15)34-10-23-9-33-17(18(23)30)21(36-23)29-12-27-16-19(24)25-11-26-20(16)29/h4-8,11-14,17-18,21,30H,9-10H2,1-3H3,(H,28,32)(H2,24,25,26)/t14-,17+,18-,21?,23?,38+/m0/s1. The summed E-state index contributed by atoms with van der Waals surface area (Å²) in [6.45, 7) is 4.48. The Hall–Kier alpha value is -3.13. The van der Waals surface area contributed by atoms with E-state index in [-0.39, 0.29) is 30.9 Å². The quantitative estimate of drug-likeness (QED) is 0.245. The van der Waals surface area contributed by atoms with E-state index in [2.05, 4.69) is 20.0 Å². The van der Waals surface area contributed by atoms with Crippen LogP contribution in [0.5, 0.6) is 5.75 Å². The molecule has 2 unspecified atom stereocenters. The largest absolute Gasteiger partial charge is 0.462 e. The molecule has 0 amide bonds. The highest BCUT2D eigenvalue weighted by Gasteiger charge is 2.63. The van der Waals surface area contributed by atoms with E-state index in [1.807, 2.05) is 0 Å². The van der Waals surface area contributed by atoms with Crippen molar-refractivity contribution in [3.05, 3.63) is 43.0 Å². The minimum Gasteiger partial charge on any atom is -0.462 e. The minimum atomic E-state index is -4.19. The molecule has 2 bridgehead atoms. The van der Waals surface area contributed by atoms with Crippen LogP contribution in [0, 0.1) is 0 Å². The molecule has 2 fully saturated rings. The second kappa shape index (κ2) is 10.2. The zero-order valence-electron chi connectivity index (χ0n) is 21.0. The number of fused-ring (bicyclic) bond motifs is 3. The van der Waals surface area contributed by atoms with Gasteiger partial charge in [-0.2, -0.15) is 5.09 Å². The molecule has 2 aliphatic heterocycles. The summed E-state index contributed by atoms with van der Waals surface area (Å²) >= 11 is 0. The van der Waals surface area contributed by atoms with E-state index in [1.54, 1.807) is 48.7 Å². The van der Waals surface area contributed by atoms with Crippen molar-refractivity contribution in [1.29, 1.82) is 0 Å². The molecular weight excluding hydrogens is 519 g/mol. The summed E-state index contributed by atoms with van der Waals surface area (Å²) in [5, 5.41) is 13.7. The number of carbonyl (C=O) groups excluding carboxylic acids is 1. The van der Waals surface area contributed by atoms with Crippen molar-refractivity contribution in [3.63, 3.8) is 0 Å². The van der Waals surface area contributed by atoms with Crippen LogP contribution >= 0.6 is 7.75 Å². The Bertz CT molecular complexity index is 1360. The fraction of sp³-hybridized carbons (Fsp3) is 0.478. The van der Waals surface area contributed by atoms with Crippen LogP contribution < -0.4 is 15.3 Å². The number of carbonyl (C=O) groups is 1. The van der Waals surface area contributed by atoms with Crippen molar-refractivity contribution < 1.29 is 37.7 Å². The number of nitrogen functional groups attached to an aromatic ring is 1. The number of esters is 1. The highest BCUT2D eigenvalue weighted by molar-refractivity contribution is 7.52. The van der Waals surface area contributed by atoms with Gasteiger partial charge in [0.2, 0.25) is 0 Å². The van der Waals surface area contributed by atoms with E-state index < -0.39 is 43.8 Å². The maximum absolute atomic E-state index is 13.9. The number of hydrogen-bond acceptors (Lipinski definition) is 12. The molecule has 15 heteroatoms. The lowest BCUT2D eigenvalue weighted by molar-refractivity contribution is -0.183.